The Morgan fingerprint density at radius 1 is 0.914 bits per heavy atom. The number of aromatic nitrogens is 4. The van der Waals surface area contributed by atoms with Crippen molar-refractivity contribution in [3.05, 3.63) is 71.4 Å². The minimum atomic E-state index is -5.06. The van der Waals surface area contributed by atoms with Crippen LogP contribution in [0.4, 0.5) is 26.3 Å². The number of hydrogen-bond donors (Lipinski definition) is 0. The number of alkyl halides is 6. The molecule has 1 aliphatic rings. The molecule has 0 N–H and O–H groups in total. The molecule has 1 atom stereocenters. The summed E-state index contributed by atoms with van der Waals surface area (Å²) in [4.78, 5) is 31.5. The van der Waals surface area contributed by atoms with Gasteiger partial charge in [-0.15, -0.1) is 0 Å². The Hall–Kier alpha value is -3.57. The fourth-order valence-corrected chi connectivity index (χ4v) is 3.64. The van der Waals surface area contributed by atoms with Gasteiger partial charge in [0.05, 0.1) is 22.9 Å². The third-order valence-electron chi connectivity index (χ3n) is 5.61. The van der Waals surface area contributed by atoms with Gasteiger partial charge in [-0.1, -0.05) is 0 Å². The lowest BCUT2D eigenvalue weighted by Crippen LogP contribution is -2.36. The second-order valence-corrected chi connectivity index (χ2v) is 8.23. The first-order valence-electron chi connectivity index (χ1n) is 10.6. The summed E-state index contributed by atoms with van der Waals surface area (Å²) in [6, 6.07) is 1.65. The van der Waals surface area contributed by atoms with E-state index in [-0.39, 0.29) is 35.7 Å². The molecular formula is C23H19F6N5O. The first-order chi connectivity index (χ1) is 16.4. The molecule has 6 nitrogen and oxygen atoms in total. The van der Waals surface area contributed by atoms with Crippen LogP contribution in [-0.4, -0.2) is 37.3 Å². The van der Waals surface area contributed by atoms with Crippen LogP contribution in [0.3, 0.4) is 0 Å². The van der Waals surface area contributed by atoms with Gasteiger partial charge in [0.1, 0.15) is 5.69 Å². The molecule has 0 bridgehead atoms. The first-order valence-corrected chi connectivity index (χ1v) is 10.6. The summed E-state index contributed by atoms with van der Waals surface area (Å²) in [5.74, 6) is -0.659. The zero-order valence-electron chi connectivity index (χ0n) is 18.3. The van der Waals surface area contributed by atoms with Gasteiger partial charge in [0.2, 0.25) is 0 Å². The number of benzene rings is 1. The number of hydrogen-bond acceptors (Lipinski definition) is 5. The first kappa shape index (κ1) is 24.6. The van der Waals surface area contributed by atoms with Crippen molar-refractivity contribution in [1.29, 1.82) is 0 Å². The summed E-state index contributed by atoms with van der Waals surface area (Å²) in [5.41, 5.74) is -3.27. The van der Waals surface area contributed by atoms with Gasteiger partial charge >= 0.3 is 12.4 Å². The van der Waals surface area contributed by atoms with Gasteiger partial charge in [-0.05, 0) is 49.9 Å². The predicted molar refractivity (Wildman–Crippen MR) is 112 cm³/mol. The van der Waals surface area contributed by atoms with Gasteiger partial charge in [-0.25, -0.2) is 15.0 Å². The topological polar surface area (TPSA) is 71.9 Å². The molecular weight excluding hydrogens is 476 g/mol. The molecule has 0 saturated heterocycles. The van der Waals surface area contributed by atoms with E-state index in [9.17, 15) is 31.1 Å². The van der Waals surface area contributed by atoms with Crippen molar-refractivity contribution >= 4 is 5.91 Å². The highest BCUT2D eigenvalue weighted by molar-refractivity contribution is 5.95. The lowest BCUT2D eigenvalue weighted by Gasteiger charge is -2.30. The smallest absolute Gasteiger partial charge is 0.330 e. The standard InChI is InChI=1S/C23H19F6N5O/c1-13(18-19(31-8-7-30-18)20-32-5-2-6-33-20)34(12-14-3-4-14)21(35)15-9-16(22(24,25)26)11-17(10-15)23(27,28)29/h2,5-11,13-14H,3-4,12H2,1H3. The van der Waals surface area contributed by atoms with E-state index in [1.165, 1.54) is 29.7 Å². The van der Waals surface area contributed by atoms with Crippen LogP contribution in [-0.2, 0) is 12.4 Å². The van der Waals surface area contributed by atoms with Gasteiger partial charge in [-0.3, -0.25) is 9.78 Å². The van der Waals surface area contributed by atoms with Crippen LogP contribution in [0.25, 0.3) is 11.5 Å². The van der Waals surface area contributed by atoms with E-state index in [0.717, 1.165) is 12.8 Å². The maximum Gasteiger partial charge on any atom is 0.416 e. The van der Waals surface area contributed by atoms with E-state index in [1.807, 2.05) is 0 Å². The van der Waals surface area contributed by atoms with Crippen LogP contribution in [0.2, 0.25) is 0 Å². The fraction of sp³-hybridized carbons (Fsp3) is 0.348. The normalized spacial score (nSPS) is 15.1. The molecule has 35 heavy (non-hydrogen) atoms. The number of nitrogens with zero attached hydrogens (tertiary/aromatic N) is 5. The Morgan fingerprint density at radius 3 is 2.03 bits per heavy atom. The largest absolute Gasteiger partial charge is 0.416 e. The predicted octanol–water partition coefficient (Wildman–Crippen LogP) is 5.58. The molecule has 1 aromatic carbocycles. The highest BCUT2D eigenvalue weighted by Crippen LogP contribution is 2.38. The highest BCUT2D eigenvalue weighted by Gasteiger charge is 2.39. The molecule has 1 saturated carbocycles. The molecule has 1 fully saturated rings. The molecule has 2 aromatic heterocycles. The Morgan fingerprint density at radius 2 is 1.49 bits per heavy atom. The fourth-order valence-electron chi connectivity index (χ4n) is 3.64. The van der Waals surface area contributed by atoms with Gasteiger partial charge in [0.25, 0.3) is 5.91 Å². The Balaban J connectivity index is 1.77. The highest BCUT2D eigenvalue weighted by atomic mass is 19.4. The minimum Gasteiger partial charge on any atom is -0.330 e. The molecule has 1 unspecified atom stereocenters. The maximum atomic E-state index is 13.4. The molecule has 2 heterocycles. The minimum absolute atomic E-state index is 0.00103. The number of rotatable bonds is 6. The van der Waals surface area contributed by atoms with Crippen LogP contribution >= 0.6 is 0 Å². The summed E-state index contributed by atoms with van der Waals surface area (Å²) in [7, 11) is 0. The monoisotopic (exact) mass is 495 g/mol. The summed E-state index contributed by atoms with van der Waals surface area (Å²) >= 11 is 0. The summed E-state index contributed by atoms with van der Waals surface area (Å²) < 4.78 is 80.2. The summed E-state index contributed by atoms with van der Waals surface area (Å²) in [5, 5.41) is 0. The molecule has 1 aliphatic carbocycles. The van der Waals surface area contributed by atoms with E-state index in [4.69, 9.17) is 0 Å². The van der Waals surface area contributed by atoms with E-state index in [0.29, 0.717) is 12.1 Å². The molecule has 3 aromatic rings. The lowest BCUT2D eigenvalue weighted by atomic mass is 10.0. The molecule has 12 heteroatoms. The van der Waals surface area contributed by atoms with Crippen LogP contribution in [0.5, 0.6) is 0 Å². The average molecular weight is 495 g/mol. The van der Waals surface area contributed by atoms with Crippen molar-refractivity contribution in [2.75, 3.05) is 6.54 Å². The molecule has 0 aliphatic heterocycles. The molecule has 0 radical (unpaired) electrons. The third-order valence-corrected chi connectivity index (χ3v) is 5.61. The van der Waals surface area contributed by atoms with Crippen molar-refractivity contribution < 1.29 is 31.1 Å². The summed E-state index contributed by atoms with van der Waals surface area (Å²) in [6.45, 7) is 1.73. The number of carbonyl (C=O) groups excluding carboxylic acids is 1. The van der Waals surface area contributed by atoms with Crippen molar-refractivity contribution in [3.63, 3.8) is 0 Å². The van der Waals surface area contributed by atoms with Gasteiger partial charge < -0.3 is 4.90 Å². The van der Waals surface area contributed by atoms with E-state index in [2.05, 4.69) is 19.9 Å². The van der Waals surface area contributed by atoms with Gasteiger partial charge in [0, 0.05) is 36.9 Å². The zero-order valence-corrected chi connectivity index (χ0v) is 18.3. The number of carbonyl (C=O) groups is 1. The van der Waals surface area contributed by atoms with Crippen molar-refractivity contribution in [2.45, 2.75) is 38.2 Å². The van der Waals surface area contributed by atoms with Crippen molar-refractivity contribution in [2.24, 2.45) is 5.92 Å². The molecule has 0 spiro atoms. The van der Waals surface area contributed by atoms with Gasteiger partial charge in [0.15, 0.2) is 5.82 Å². The van der Waals surface area contributed by atoms with Crippen molar-refractivity contribution in [3.8, 4) is 11.5 Å². The van der Waals surface area contributed by atoms with Crippen LogP contribution in [0.1, 0.15) is 53.0 Å². The second kappa shape index (κ2) is 9.23. The average Bonchev–Trinajstić information content (AvgIpc) is 3.65. The molecule has 184 valence electrons. The van der Waals surface area contributed by atoms with Crippen LogP contribution < -0.4 is 0 Å². The maximum absolute atomic E-state index is 13.4. The number of halogens is 6. The van der Waals surface area contributed by atoms with Gasteiger partial charge in [-0.2, -0.15) is 26.3 Å². The van der Waals surface area contributed by atoms with E-state index < -0.39 is 41.0 Å². The summed E-state index contributed by atoms with van der Waals surface area (Å²) in [6.07, 6.45) is -2.79. The second-order valence-electron chi connectivity index (χ2n) is 8.23. The number of amides is 1. The quantitative estimate of drug-likeness (QED) is 0.418. The van der Waals surface area contributed by atoms with Crippen molar-refractivity contribution in [1.82, 2.24) is 24.8 Å². The zero-order chi connectivity index (χ0) is 25.4. The molecule has 1 amide bonds. The third kappa shape index (κ3) is 5.57. The van der Waals surface area contributed by atoms with Crippen LogP contribution in [0.15, 0.2) is 49.1 Å². The SMILES string of the molecule is CC(c1nccnc1-c1ncccn1)N(CC1CC1)C(=O)c1cc(C(F)(F)F)cc(C(F)(F)F)c1. The Bertz CT molecular complexity index is 1180. The van der Waals surface area contributed by atoms with E-state index >= 15 is 0 Å². The van der Waals surface area contributed by atoms with Crippen LogP contribution in [0, 0.1) is 5.92 Å². The molecule has 4 rings (SSSR count). The van der Waals surface area contributed by atoms with E-state index in [1.54, 1.807) is 13.0 Å². The Labute approximate surface area is 196 Å². The Kier molecular flexibility index (Phi) is 6.48. The lowest BCUT2D eigenvalue weighted by molar-refractivity contribution is -0.143.